The maximum absolute atomic E-state index is 12.4. The van der Waals surface area contributed by atoms with Gasteiger partial charge in [0.2, 0.25) is 47.3 Å². The predicted molar refractivity (Wildman–Crippen MR) is 587 cm³/mol. The maximum Gasteiger partial charge on any atom is 0.227 e. The third-order valence-corrected chi connectivity index (χ3v) is 29.3. The molecule has 130 heavy (non-hydrogen) atoms. The van der Waals surface area contributed by atoms with E-state index in [2.05, 4.69) is 266 Å². The second kappa shape index (κ2) is 79.1. The first kappa shape index (κ1) is 144. The van der Waals surface area contributed by atoms with Crippen molar-refractivity contribution in [2.24, 2.45) is 68.3 Å². The number of carbonyl (C=O) groups is 16. The van der Waals surface area contributed by atoms with Crippen molar-refractivity contribution in [2.75, 3.05) is 174 Å². The van der Waals surface area contributed by atoms with E-state index in [1.165, 1.54) is 0 Å². The molecule has 0 aromatic heterocycles. The number of nitrogens with two attached hydrogens (primary N) is 4. The molecule has 20 N–H and O–H groups in total. The second-order valence-corrected chi connectivity index (χ2v) is 37.6. The summed E-state index contributed by atoms with van der Waals surface area (Å²) in [5.41, 5.74) is 15.0. The van der Waals surface area contributed by atoms with E-state index >= 15 is 0 Å². The summed E-state index contributed by atoms with van der Waals surface area (Å²) in [6.45, 7) is 29.2. The van der Waals surface area contributed by atoms with Gasteiger partial charge in [0.25, 0.3) is 0 Å². The maximum atomic E-state index is 12.4. The van der Waals surface area contributed by atoms with Gasteiger partial charge in [-0.25, -0.2) is 0 Å². The fourth-order valence-corrected chi connectivity index (χ4v) is 15.0. The minimum absolute atomic E-state index is 0.000602. The van der Waals surface area contributed by atoms with Gasteiger partial charge in [-0.05, 0) is 110 Å². The number of ketones is 8. The van der Waals surface area contributed by atoms with E-state index in [1.807, 2.05) is 55.4 Å². The van der Waals surface area contributed by atoms with Gasteiger partial charge in [-0.1, -0.05) is 27.7 Å². The van der Waals surface area contributed by atoms with Gasteiger partial charge in [-0.15, -0.1) is 0 Å². The van der Waals surface area contributed by atoms with Crippen LogP contribution < -0.4 is 86.7 Å². The van der Waals surface area contributed by atoms with E-state index < -0.39 is 67.6 Å². The molecule has 0 bridgehead atoms. The van der Waals surface area contributed by atoms with Crippen molar-refractivity contribution in [1.29, 1.82) is 0 Å². The number of carbonyl (C=O) groups excluding carboxylic acids is 16. The number of thiol groups is 16. The van der Waals surface area contributed by atoms with Crippen LogP contribution in [-0.4, -0.2) is 313 Å². The summed E-state index contributed by atoms with van der Waals surface area (Å²) < 4.78 is 0. The Labute approximate surface area is 864 Å². The van der Waals surface area contributed by atoms with Crippen molar-refractivity contribution >= 4 is 296 Å². The van der Waals surface area contributed by atoms with Crippen LogP contribution in [0.4, 0.5) is 0 Å². The van der Waals surface area contributed by atoms with E-state index in [9.17, 15) is 76.7 Å². The number of amides is 8. The number of nitrogens with one attached hydrogen (secondary N) is 12. The van der Waals surface area contributed by atoms with Gasteiger partial charge < -0.3 is 86.7 Å². The highest BCUT2D eigenvalue weighted by atomic mass is 32.1. The molecule has 0 aliphatic heterocycles. The molecule has 0 aliphatic carbocycles. The lowest BCUT2D eigenvalue weighted by atomic mass is 9.81. The molecule has 0 heterocycles. The minimum Gasteiger partial charge on any atom is -0.369 e. The molecular weight excluding hydrogens is 1980 g/mol. The Bertz CT molecular complexity index is 3360. The fraction of sp³-hybridized carbons (Fsp3) is 0.805. The van der Waals surface area contributed by atoms with Crippen molar-refractivity contribution in [3.05, 3.63) is 0 Å². The third-order valence-electron chi connectivity index (χ3n) is 20.7. The molecule has 0 rings (SSSR count). The molecule has 0 aromatic carbocycles. The van der Waals surface area contributed by atoms with E-state index in [-0.39, 0.29) is 192 Å². The van der Waals surface area contributed by atoms with Gasteiger partial charge in [0.1, 0.15) is 0 Å². The van der Waals surface area contributed by atoms with E-state index in [0.717, 1.165) is 0 Å². The standard InChI is InChI=1S/C13H26N2O2S2.C12H24N2O2S2.2C11H22N2O2S2.C10H20N2O2S2.2C9H18N2O2S2.C7H14N2O2S2/c1-5-14-11(17)12(3,8-18)7-10(16)13(4,9-19)15-6-2;1-5-14-12(3,8-18)9(15)6-11(2,7-17)10(16)13-4;1-10(6-16,9(15)12-3)5-8(14)11(2,7-17)13-4;1-3-12-9(7-17)10(14)5-8(6-16)11(15)13-4-2;1-3-12-8(6-16)9(13)4-7(5-15)10(14)11-2;1-8(4-14,7(10)13)3-6(12)9(2,11)5-15;1-10-7(5-15)8(12)3-6(4-14)9(13)11-2;8-5(3-13)6(10)1-4(2-12)7(9)11/h15,18-19H,5-9H2,1-4H3,(H,14,17);14,17-18H,5-8H2,1-4H3,(H,13,16);13,16-17H,5-7H2,1-4H3,(H,12,15);8-9,12,16-17H,3-7H2,1-2H3,(H,13,15);7-8,12,15-16H,3-6H2,1-2H3,(H,11,14);14-15H,3-5,11H2,1-2H3,(H2,10,13);6-7,10,14-15H,3-5H2,1-2H3,(H,11,13);4-5,12-13H,1-3,8H2,(H2,9,11)/t12-,13-;11-,12-;10-,11-;8-,9-;7-,8-;8-,9-;6-,7-;4-,5-/m11100100/s1. The molecule has 8 amide bonds. The van der Waals surface area contributed by atoms with Crippen LogP contribution in [0.3, 0.4) is 0 Å². The Morgan fingerprint density at radius 2 is 0.608 bits per heavy atom. The van der Waals surface area contributed by atoms with Gasteiger partial charge >= 0.3 is 0 Å². The first-order valence-electron chi connectivity index (χ1n) is 42.3. The molecule has 0 aliphatic rings. The van der Waals surface area contributed by atoms with Gasteiger partial charge in [-0.2, -0.15) is 202 Å². The number of Topliss-reactive ketones (excluding diaryl/α,β-unsaturated/α-hetero) is 8. The zero-order valence-corrected chi connectivity index (χ0v) is 94.1. The number of rotatable bonds is 60. The molecule has 32 nitrogen and oxygen atoms in total. The molecule has 0 radical (unpaired) electrons. The Balaban J connectivity index is -0.000000219. The lowest BCUT2D eigenvalue weighted by molar-refractivity contribution is -0.135. The predicted octanol–water partition coefficient (Wildman–Crippen LogP) is 2.46. The molecule has 0 unspecified atom stereocenters. The number of likely N-dealkylation sites (N-methyl/N-ethyl adjacent to an activating group) is 6. The van der Waals surface area contributed by atoms with Crippen LogP contribution >= 0.6 is 202 Å². The highest BCUT2D eigenvalue weighted by molar-refractivity contribution is 7.82. The summed E-state index contributed by atoms with van der Waals surface area (Å²) in [5, 5.41) is 33.8. The third kappa shape index (κ3) is 56.6. The minimum atomic E-state index is -1.03. The Morgan fingerprint density at radius 1 is 0.308 bits per heavy atom. The normalized spacial score (nSPS) is 16.3. The lowest BCUT2D eigenvalue weighted by Crippen LogP contribution is -2.54. The molecular formula is C82H164N16O16S16. The van der Waals surface area contributed by atoms with Crippen molar-refractivity contribution in [2.45, 2.75) is 195 Å². The van der Waals surface area contributed by atoms with Crippen LogP contribution in [-0.2, 0) is 76.7 Å². The molecule has 764 valence electrons. The first-order valence-corrected chi connectivity index (χ1v) is 52.4. The number of primary amides is 2. The monoisotopic (exact) mass is 2140 g/mol. The molecule has 48 heteroatoms. The van der Waals surface area contributed by atoms with Crippen molar-refractivity contribution < 1.29 is 76.7 Å². The largest absolute Gasteiger partial charge is 0.369 e. The summed E-state index contributed by atoms with van der Waals surface area (Å²) in [5.74, 6) is 1.63. The van der Waals surface area contributed by atoms with Crippen LogP contribution in [0, 0.1) is 45.3 Å². The first-order chi connectivity index (χ1) is 60.4. The van der Waals surface area contributed by atoms with Crippen LogP contribution in [0.2, 0.25) is 0 Å². The summed E-state index contributed by atoms with van der Waals surface area (Å²) in [6, 6.07) is -1.47. The summed E-state index contributed by atoms with van der Waals surface area (Å²) in [4.78, 5) is 187. The van der Waals surface area contributed by atoms with Crippen LogP contribution in [0.5, 0.6) is 0 Å². The molecule has 0 saturated carbocycles. The van der Waals surface area contributed by atoms with Crippen LogP contribution in [0.15, 0.2) is 0 Å². The summed E-state index contributed by atoms with van der Waals surface area (Å²) >= 11 is 65.6. The topological polar surface area (TPSA) is 522 Å². The van der Waals surface area contributed by atoms with Gasteiger partial charge in [0.15, 0.2) is 46.3 Å². The van der Waals surface area contributed by atoms with Crippen LogP contribution in [0.25, 0.3) is 0 Å². The summed E-state index contributed by atoms with van der Waals surface area (Å²) in [6.07, 6.45) is 1.14. The van der Waals surface area contributed by atoms with E-state index in [1.54, 1.807) is 83.8 Å². The van der Waals surface area contributed by atoms with E-state index in [0.29, 0.717) is 108 Å². The Hall–Kier alpha value is -1.60. The molecule has 16 atom stereocenters. The zero-order chi connectivity index (χ0) is 104. The van der Waals surface area contributed by atoms with E-state index in [4.69, 9.17) is 22.9 Å². The van der Waals surface area contributed by atoms with Gasteiger partial charge in [0.05, 0.1) is 91.7 Å². The number of hydrogen-bond donors (Lipinski definition) is 32. The molecule has 0 saturated heterocycles. The van der Waals surface area contributed by atoms with Crippen molar-refractivity contribution in [3.63, 3.8) is 0 Å². The zero-order valence-electron chi connectivity index (χ0n) is 79.8. The highest BCUT2D eigenvalue weighted by Crippen LogP contribution is 2.31. The fourth-order valence-electron chi connectivity index (χ4n) is 10.4. The molecule has 0 spiro atoms. The highest BCUT2D eigenvalue weighted by Gasteiger charge is 2.44. The van der Waals surface area contributed by atoms with Crippen molar-refractivity contribution in [1.82, 2.24) is 63.8 Å². The number of hydrogen-bond acceptors (Lipinski definition) is 40. The SMILES string of the molecule is CCNC(=O)[C@@](C)(CS)CC(=O)[C@@](C)(CS)NCC.CCNC(=O)[C@H](CS)CC(=O)[C@H](CS)NCC.CCN[C@@H](CS)C(=O)C[C@@H](CS)C(=O)NC.CCN[C@](C)(CS)C(=O)C[C@](C)(CS)C(=O)NC.CNC(=O)[C@@](C)(CS)CC(=O)[C@@](C)(CS)NC.CNC(=O)[C@H](CS)CC(=O)[C@H](CS)NC.C[C@](CS)(CC(=O)[C@](C)(N)CS)C(N)=O.NC(=O)[C@H](CS)CC(=O)[C@@H](N)CS. The average molecular weight is 2140 g/mol. The quantitative estimate of drug-likeness (QED) is 0.0389. The van der Waals surface area contributed by atoms with Gasteiger partial charge in [-0.3, -0.25) is 76.7 Å². The van der Waals surface area contributed by atoms with Gasteiger partial charge in [0, 0.05) is 185 Å². The lowest BCUT2D eigenvalue weighted by Gasteiger charge is -2.32. The Morgan fingerprint density at radius 3 is 0.838 bits per heavy atom. The van der Waals surface area contributed by atoms with Crippen molar-refractivity contribution in [3.8, 4) is 0 Å². The van der Waals surface area contributed by atoms with Crippen LogP contribution in [0.1, 0.15) is 148 Å². The average Bonchev–Trinajstić information content (AvgIpc) is 0.832. The molecule has 0 fully saturated rings. The second-order valence-electron chi connectivity index (χ2n) is 32.1. The Kier molecular flexibility index (Phi) is 87.5. The smallest absolute Gasteiger partial charge is 0.227 e. The molecule has 0 aromatic rings. The summed E-state index contributed by atoms with van der Waals surface area (Å²) in [7, 11) is 9.66.